The SMILES string of the molecule is COCCCN1C(=CC2=C(N3CCOCC3)C(=CC3=[N+](CCCOC(=O)c4ccc(C(C)=O)c(C(=O)O)c4)c4ccc(S(=O)(=O)O)cc4C3(C)C)CC2)C(C)(C)c2cc(C)ccc21. The van der Waals surface area contributed by atoms with Crippen LogP contribution in [0.3, 0.4) is 0 Å². The molecule has 7 rings (SSSR count). The highest BCUT2D eigenvalue weighted by Crippen LogP contribution is 2.50. The summed E-state index contributed by atoms with van der Waals surface area (Å²) in [5.74, 6) is -2.46. The molecule has 0 amide bonds. The smallest absolute Gasteiger partial charge is 0.338 e. The van der Waals surface area contributed by atoms with Crippen LogP contribution >= 0.6 is 0 Å². The minimum atomic E-state index is -4.49. The van der Waals surface area contributed by atoms with Gasteiger partial charge in [-0.3, -0.25) is 9.35 Å². The third-order valence-corrected chi connectivity index (χ3v) is 13.6. The van der Waals surface area contributed by atoms with Crippen molar-refractivity contribution in [2.45, 2.75) is 83.0 Å². The lowest BCUT2D eigenvalue weighted by Gasteiger charge is -2.32. The van der Waals surface area contributed by atoms with Gasteiger partial charge < -0.3 is 29.1 Å². The van der Waals surface area contributed by atoms with Crippen LogP contribution in [-0.2, 0) is 35.2 Å². The minimum Gasteiger partial charge on any atom is -0.478 e. The average Bonchev–Trinajstić information content (AvgIpc) is 3.80. The number of methoxy groups -OCH3 is 1. The third kappa shape index (κ3) is 9.04. The Kier molecular flexibility index (Phi) is 13.0. The number of Topliss-reactive ketones (excluding diaryl/α,β-unsaturated/α-hetero) is 1. The maximum atomic E-state index is 13.1. The number of benzene rings is 3. The summed E-state index contributed by atoms with van der Waals surface area (Å²) >= 11 is 0. The normalized spacial score (nSPS) is 19.3. The second-order valence-electron chi connectivity index (χ2n) is 17.7. The fourth-order valence-electron chi connectivity index (χ4n) is 9.52. The van der Waals surface area contributed by atoms with E-state index in [1.165, 1.54) is 65.0 Å². The quantitative estimate of drug-likeness (QED) is 0.0502. The molecule has 3 heterocycles. The van der Waals surface area contributed by atoms with E-state index in [0.717, 1.165) is 67.5 Å². The molecule has 3 aliphatic heterocycles. The van der Waals surface area contributed by atoms with Gasteiger partial charge in [-0.05, 0) is 106 Å². The van der Waals surface area contributed by atoms with E-state index in [1.54, 1.807) is 13.2 Å². The number of carboxylic acid groups (broad SMARTS) is 1. The number of allylic oxidation sites excluding steroid dienone is 5. The van der Waals surface area contributed by atoms with E-state index in [9.17, 15) is 32.5 Å². The number of carbonyl (C=O) groups is 3. The standard InChI is InChI=1S/C49H57N3O10S/c1-31-10-16-41-39(26-31)48(3,4)43(51(41)18-8-22-60-7)28-33-11-12-34(45(33)50-20-24-61-25-21-50)29-44-49(5,6)40-30-36(63(57,58)59)14-17-42(40)52(44)19-9-23-62-47(56)35-13-15-37(32(2)53)38(27-35)46(54)55/h10,13-17,26-30H,8-9,11-12,18-25H2,1-7H3,(H-,54,55,57,58,59)/p+1. The predicted octanol–water partition coefficient (Wildman–Crippen LogP) is 7.79. The maximum absolute atomic E-state index is 13.1. The molecule has 0 spiro atoms. The summed E-state index contributed by atoms with van der Waals surface area (Å²) < 4.78 is 54.0. The number of hydrogen-bond acceptors (Lipinski definition) is 10. The Morgan fingerprint density at radius 3 is 2.32 bits per heavy atom. The summed E-state index contributed by atoms with van der Waals surface area (Å²) in [7, 11) is -2.76. The summed E-state index contributed by atoms with van der Waals surface area (Å²) in [5.41, 5.74) is 9.81. The van der Waals surface area contributed by atoms with E-state index in [4.69, 9.17) is 14.2 Å². The average molecular weight is 881 g/mol. The largest absolute Gasteiger partial charge is 0.478 e. The molecule has 3 aromatic carbocycles. The van der Waals surface area contributed by atoms with Gasteiger partial charge >= 0.3 is 11.9 Å². The number of esters is 1. The Hall–Kier alpha value is -5.41. The number of ketones is 1. The van der Waals surface area contributed by atoms with E-state index in [2.05, 4.69) is 65.5 Å². The first kappa shape index (κ1) is 45.6. The minimum absolute atomic E-state index is 0.00397. The Labute approximate surface area is 370 Å². The highest BCUT2D eigenvalue weighted by atomic mass is 32.2. The Bertz CT molecular complexity index is 2600. The predicted molar refractivity (Wildman–Crippen MR) is 240 cm³/mol. The van der Waals surface area contributed by atoms with Crippen molar-refractivity contribution >= 4 is 44.9 Å². The molecule has 13 nitrogen and oxygen atoms in total. The van der Waals surface area contributed by atoms with Crippen molar-refractivity contribution in [2.24, 2.45) is 0 Å². The van der Waals surface area contributed by atoms with Gasteiger partial charge in [0.05, 0.1) is 41.3 Å². The van der Waals surface area contributed by atoms with Gasteiger partial charge in [0.25, 0.3) is 10.1 Å². The van der Waals surface area contributed by atoms with Gasteiger partial charge in [0, 0.05) is 85.5 Å². The molecule has 63 heavy (non-hydrogen) atoms. The summed E-state index contributed by atoms with van der Waals surface area (Å²) in [6, 6.07) is 15.2. The van der Waals surface area contributed by atoms with E-state index in [-0.39, 0.29) is 33.6 Å². The molecule has 0 aromatic heterocycles. The van der Waals surface area contributed by atoms with Gasteiger partial charge in [-0.2, -0.15) is 13.0 Å². The molecule has 0 unspecified atom stereocenters. The van der Waals surface area contributed by atoms with Crippen LogP contribution in [0.1, 0.15) is 108 Å². The molecule has 0 radical (unpaired) electrons. The van der Waals surface area contributed by atoms with E-state index < -0.39 is 33.3 Å². The summed E-state index contributed by atoms with van der Waals surface area (Å²) in [4.78, 5) is 41.7. The molecule has 0 saturated carbocycles. The van der Waals surface area contributed by atoms with Gasteiger partial charge in [0.2, 0.25) is 5.69 Å². The Balaban J connectivity index is 1.28. The van der Waals surface area contributed by atoms with Crippen molar-refractivity contribution in [3.63, 3.8) is 0 Å². The molecule has 1 aliphatic carbocycles. The van der Waals surface area contributed by atoms with Gasteiger partial charge in [-0.1, -0.05) is 31.5 Å². The second kappa shape index (κ2) is 18.0. The number of morpholine rings is 1. The van der Waals surface area contributed by atoms with Crippen LogP contribution in [0, 0.1) is 6.92 Å². The molecule has 3 aromatic rings. The van der Waals surface area contributed by atoms with Gasteiger partial charge in [0.1, 0.15) is 0 Å². The molecule has 0 atom stereocenters. The van der Waals surface area contributed by atoms with Crippen LogP contribution in [0.5, 0.6) is 0 Å². The summed E-state index contributed by atoms with van der Waals surface area (Å²) in [5, 5.41) is 9.66. The lowest BCUT2D eigenvalue weighted by atomic mass is 9.80. The number of nitrogens with zero attached hydrogens (tertiary/aromatic N) is 3. The number of anilines is 1. The highest BCUT2D eigenvalue weighted by Gasteiger charge is 2.46. The first-order chi connectivity index (χ1) is 29.8. The Morgan fingerprint density at radius 2 is 1.63 bits per heavy atom. The number of carboxylic acids is 1. The van der Waals surface area contributed by atoms with E-state index in [1.807, 2.05) is 13.8 Å². The number of ether oxygens (including phenoxy) is 3. The number of hydrogen-bond donors (Lipinski definition) is 2. The van der Waals surface area contributed by atoms with Crippen molar-refractivity contribution in [3.8, 4) is 0 Å². The van der Waals surface area contributed by atoms with Crippen molar-refractivity contribution < 1.29 is 51.2 Å². The van der Waals surface area contributed by atoms with Crippen LogP contribution in [0.2, 0.25) is 0 Å². The molecular formula is C49H58N3O10S+. The third-order valence-electron chi connectivity index (χ3n) is 12.8. The van der Waals surface area contributed by atoms with Gasteiger partial charge in [0.15, 0.2) is 18.0 Å². The maximum Gasteiger partial charge on any atom is 0.338 e. The molecule has 4 aliphatic rings. The van der Waals surface area contributed by atoms with Crippen molar-refractivity contribution in [1.82, 2.24) is 4.90 Å². The zero-order chi connectivity index (χ0) is 45.4. The number of fused-ring (bicyclic) bond motifs is 2. The van der Waals surface area contributed by atoms with Crippen molar-refractivity contribution in [2.75, 3.05) is 64.6 Å². The van der Waals surface area contributed by atoms with Crippen molar-refractivity contribution in [1.29, 1.82) is 0 Å². The van der Waals surface area contributed by atoms with E-state index in [0.29, 0.717) is 32.8 Å². The zero-order valence-corrected chi connectivity index (χ0v) is 38.1. The fraction of sp³-hybridized carbons (Fsp3) is 0.429. The first-order valence-corrected chi connectivity index (χ1v) is 23.0. The molecule has 0 bridgehead atoms. The van der Waals surface area contributed by atoms with E-state index >= 15 is 0 Å². The van der Waals surface area contributed by atoms with Gasteiger partial charge in [-0.15, -0.1) is 0 Å². The Morgan fingerprint density at radius 1 is 0.889 bits per heavy atom. The number of aryl methyl sites for hydroxylation is 1. The first-order valence-electron chi connectivity index (χ1n) is 21.5. The number of aromatic carboxylic acids is 1. The monoisotopic (exact) mass is 880 g/mol. The highest BCUT2D eigenvalue weighted by molar-refractivity contribution is 7.85. The second-order valence-corrected chi connectivity index (χ2v) is 19.2. The van der Waals surface area contributed by atoms with Crippen molar-refractivity contribution in [3.05, 3.63) is 123 Å². The number of rotatable bonds is 15. The molecule has 14 heteroatoms. The molecule has 2 N–H and O–H groups in total. The lowest BCUT2D eigenvalue weighted by molar-refractivity contribution is -0.438. The molecular weight excluding hydrogens is 823 g/mol. The summed E-state index contributed by atoms with van der Waals surface area (Å²) in [6.45, 7) is 16.7. The van der Waals surface area contributed by atoms with Crippen LogP contribution in [0.25, 0.3) is 0 Å². The number of carbonyl (C=O) groups excluding carboxylic acids is 2. The van der Waals surface area contributed by atoms with Crippen LogP contribution in [0.15, 0.2) is 94.2 Å². The van der Waals surface area contributed by atoms with Crippen LogP contribution in [0.4, 0.5) is 11.4 Å². The molecule has 1 saturated heterocycles. The summed E-state index contributed by atoms with van der Waals surface area (Å²) in [6.07, 6.45) is 7.50. The van der Waals surface area contributed by atoms with Gasteiger partial charge in [-0.25, -0.2) is 9.59 Å². The lowest BCUT2D eigenvalue weighted by Crippen LogP contribution is -2.36. The van der Waals surface area contributed by atoms with Crippen LogP contribution < -0.4 is 4.90 Å². The fourth-order valence-corrected chi connectivity index (χ4v) is 10.0. The van der Waals surface area contributed by atoms with Crippen LogP contribution in [-0.4, -0.2) is 111 Å². The zero-order valence-electron chi connectivity index (χ0n) is 37.2. The topological polar surface area (TPSA) is 163 Å². The molecule has 334 valence electrons. The molecule has 1 fully saturated rings.